The predicted octanol–water partition coefficient (Wildman–Crippen LogP) is 5.60. The second kappa shape index (κ2) is 6.41. The zero-order chi connectivity index (χ0) is 19.3. The quantitative estimate of drug-likeness (QED) is 0.439. The lowest BCUT2D eigenvalue weighted by Gasteiger charge is -2.26. The van der Waals surface area contributed by atoms with Crippen LogP contribution >= 0.6 is 11.3 Å². The summed E-state index contributed by atoms with van der Waals surface area (Å²) in [5.41, 5.74) is 1.22. The summed E-state index contributed by atoms with van der Waals surface area (Å²) in [6.07, 6.45) is -2.89. The Hall–Kier alpha value is -2.74. The van der Waals surface area contributed by atoms with E-state index in [0.29, 0.717) is 23.3 Å². The van der Waals surface area contributed by atoms with E-state index in [0.717, 1.165) is 28.1 Å². The number of halogens is 3. The first-order valence-electron chi connectivity index (χ1n) is 8.97. The maximum absolute atomic E-state index is 13.4. The Labute approximate surface area is 162 Å². The maximum Gasteiger partial charge on any atom is 0.451 e. The van der Waals surface area contributed by atoms with Gasteiger partial charge in [-0.1, -0.05) is 24.3 Å². The number of thiazole rings is 1. The topological polar surface area (TPSA) is 41.9 Å². The minimum atomic E-state index is -4.59. The van der Waals surface area contributed by atoms with Crippen molar-refractivity contribution < 1.29 is 13.2 Å². The summed E-state index contributed by atoms with van der Waals surface area (Å²) in [6.45, 7) is 0.638. The maximum atomic E-state index is 13.4. The molecule has 0 N–H and O–H groups in total. The minimum Gasteiger partial charge on any atom is -0.347 e. The Morgan fingerprint density at radius 2 is 1.68 bits per heavy atom. The minimum absolute atomic E-state index is 0.0863. The highest BCUT2D eigenvalue weighted by atomic mass is 32.1. The molecular weight excluding hydrogens is 385 g/mol. The molecule has 28 heavy (non-hydrogen) atoms. The van der Waals surface area contributed by atoms with Gasteiger partial charge in [0.15, 0.2) is 0 Å². The summed E-state index contributed by atoms with van der Waals surface area (Å²) in [4.78, 5) is 14.4. The van der Waals surface area contributed by atoms with Crippen LogP contribution in [0.15, 0.2) is 48.5 Å². The van der Waals surface area contributed by atoms with E-state index in [-0.39, 0.29) is 6.04 Å². The van der Waals surface area contributed by atoms with Gasteiger partial charge in [0.25, 0.3) is 0 Å². The predicted molar refractivity (Wildman–Crippen MR) is 103 cm³/mol. The van der Waals surface area contributed by atoms with E-state index in [2.05, 4.69) is 9.97 Å². The van der Waals surface area contributed by atoms with Crippen LogP contribution in [0.2, 0.25) is 0 Å². The van der Waals surface area contributed by atoms with Crippen molar-refractivity contribution in [2.75, 3.05) is 11.4 Å². The Balaban J connectivity index is 1.65. The fourth-order valence-electron chi connectivity index (χ4n) is 3.72. The second-order valence-electron chi connectivity index (χ2n) is 6.76. The molecule has 0 unspecified atom stereocenters. The number of rotatable bonds is 2. The average molecular weight is 400 g/mol. The second-order valence-corrected chi connectivity index (χ2v) is 7.82. The van der Waals surface area contributed by atoms with Crippen molar-refractivity contribution in [3.05, 3.63) is 59.4 Å². The molecule has 1 fully saturated rings. The van der Waals surface area contributed by atoms with Gasteiger partial charge in [-0.15, -0.1) is 11.3 Å². The first-order chi connectivity index (χ1) is 13.5. The molecule has 4 nitrogen and oxygen atoms in total. The fourth-order valence-corrected chi connectivity index (χ4v) is 4.83. The molecule has 4 aromatic rings. The fraction of sp³-hybridized carbons (Fsp3) is 0.250. The Kier molecular flexibility index (Phi) is 3.97. The molecule has 0 bridgehead atoms. The molecule has 8 heteroatoms. The molecule has 1 saturated heterocycles. The summed E-state index contributed by atoms with van der Waals surface area (Å²) in [6, 6.07) is 14.6. The van der Waals surface area contributed by atoms with Gasteiger partial charge in [-0.3, -0.25) is 0 Å². The third-order valence-electron chi connectivity index (χ3n) is 4.96. The highest BCUT2D eigenvalue weighted by Crippen LogP contribution is 2.41. The van der Waals surface area contributed by atoms with E-state index in [1.807, 2.05) is 29.2 Å². The van der Waals surface area contributed by atoms with Gasteiger partial charge >= 0.3 is 6.18 Å². The summed E-state index contributed by atoms with van der Waals surface area (Å²) < 4.78 is 41.2. The number of fused-ring (bicyclic) bond motifs is 2. The lowest BCUT2D eigenvalue weighted by molar-refractivity contribution is -0.144. The number of alkyl halides is 3. The third-order valence-corrected chi connectivity index (χ3v) is 6.09. The van der Waals surface area contributed by atoms with Crippen molar-refractivity contribution >= 4 is 38.3 Å². The number of hydrogen-bond donors (Lipinski definition) is 0. The first kappa shape index (κ1) is 17.4. The monoisotopic (exact) mass is 400 g/mol. The van der Waals surface area contributed by atoms with Crippen LogP contribution in [0.5, 0.6) is 0 Å². The SMILES string of the molecule is FC(F)(F)c1nc(N2CCC[C@@H]2c2nc3ccccc3s2)c2ccccc2n1. The molecule has 142 valence electrons. The molecule has 1 aliphatic rings. The standard InChI is InChI=1S/C20H15F3N4S/c21-20(22,23)19-25-13-7-2-1-6-12(13)17(26-19)27-11-5-9-15(27)18-24-14-8-3-4-10-16(14)28-18/h1-4,6-8,10,15H,5,9,11H2/t15-/m1/s1. The van der Waals surface area contributed by atoms with Crippen molar-refractivity contribution in [2.45, 2.75) is 25.1 Å². The number of nitrogens with zero attached hydrogens (tertiary/aromatic N) is 4. The molecule has 0 spiro atoms. The van der Waals surface area contributed by atoms with Crippen molar-refractivity contribution in [1.82, 2.24) is 15.0 Å². The lowest BCUT2D eigenvalue weighted by atomic mass is 10.2. The Bertz CT molecular complexity index is 1140. The van der Waals surface area contributed by atoms with E-state index < -0.39 is 12.0 Å². The number of anilines is 1. The van der Waals surface area contributed by atoms with E-state index in [1.165, 1.54) is 0 Å². The van der Waals surface area contributed by atoms with Crippen LogP contribution in [0.25, 0.3) is 21.1 Å². The highest BCUT2D eigenvalue weighted by Gasteiger charge is 2.38. The normalized spacial score (nSPS) is 17.7. The van der Waals surface area contributed by atoms with Crippen LogP contribution in [0.4, 0.5) is 19.0 Å². The molecule has 0 saturated carbocycles. The first-order valence-corrected chi connectivity index (χ1v) is 9.78. The molecule has 2 aromatic heterocycles. The Morgan fingerprint density at radius 1 is 0.929 bits per heavy atom. The van der Waals surface area contributed by atoms with E-state index in [9.17, 15) is 13.2 Å². The van der Waals surface area contributed by atoms with Crippen molar-refractivity contribution in [1.29, 1.82) is 0 Å². The largest absolute Gasteiger partial charge is 0.451 e. The van der Waals surface area contributed by atoms with E-state index in [1.54, 1.807) is 35.6 Å². The average Bonchev–Trinajstić information content (AvgIpc) is 3.32. The van der Waals surface area contributed by atoms with Crippen molar-refractivity contribution in [3.8, 4) is 0 Å². The van der Waals surface area contributed by atoms with Gasteiger partial charge in [-0.05, 0) is 37.1 Å². The lowest BCUT2D eigenvalue weighted by Crippen LogP contribution is -2.25. The van der Waals surface area contributed by atoms with Gasteiger partial charge in [0, 0.05) is 11.9 Å². The van der Waals surface area contributed by atoms with Gasteiger partial charge in [-0.25, -0.2) is 15.0 Å². The molecule has 1 aliphatic heterocycles. The van der Waals surface area contributed by atoms with Gasteiger partial charge in [0.05, 0.1) is 21.8 Å². The smallest absolute Gasteiger partial charge is 0.347 e. The van der Waals surface area contributed by atoms with Crippen LogP contribution < -0.4 is 4.90 Å². The molecule has 5 rings (SSSR count). The summed E-state index contributed by atoms with van der Waals surface area (Å²) in [5.74, 6) is -0.768. The molecule has 3 heterocycles. The number of para-hydroxylation sites is 2. The van der Waals surface area contributed by atoms with Crippen molar-refractivity contribution in [3.63, 3.8) is 0 Å². The van der Waals surface area contributed by atoms with Crippen LogP contribution in [0.1, 0.15) is 29.7 Å². The Morgan fingerprint density at radius 3 is 2.46 bits per heavy atom. The third kappa shape index (κ3) is 2.88. The molecule has 0 amide bonds. The number of benzene rings is 2. The number of hydrogen-bond acceptors (Lipinski definition) is 5. The summed E-state index contributed by atoms with van der Waals surface area (Å²) in [5, 5.41) is 1.54. The van der Waals surface area contributed by atoms with E-state index >= 15 is 0 Å². The van der Waals surface area contributed by atoms with Gasteiger partial charge < -0.3 is 4.90 Å². The summed E-state index contributed by atoms with van der Waals surface area (Å²) in [7, 11) is 0. The van der Waals surface area contributed by atoms with Gasteiger partial charge in [0.1, 0.15) is 10.8 Å². The zero-order valence-electron chi connectivity index (χ0n) is 14.6. The van der Waals surface area contributed by atoms with Crippen LogP contribution in [-0.4, -0.2) is 21.5 Å². The summed E-state index contributed by atoms with van der Waals surface area (Å²) >= 11 is 1.59. The van der Waals surface area contributed by atoms with Crippen molar-refractivity contribution in [2.24, 2.45) is 0 Å². The molecular formula is C20H15F3N4S. The number of aromatic nitrogens is 3. The van der Waals surface area contributed by atoms with Crippen LogP contribution in [0, 0.1) is 0 Å². The van der Waals surface area contributed by atoms with Gasteiger partial charge in [-0.2, -0.15) is 13.2 Å². The molecule has 0 radical (unpaired) electrons. The zero-order valence-corrected chi connectivity index (χ0v) is 15.5. The van der Waals surface area contributed by atoms with Gasteiger partial charge in [0.2, 0.25) is 5.82 Å². The molecule has 1 atom stereocenters. The van der Waals surface area contributed by atoms with Crippen LogP contribution in [0.3, 0.4) is 0 Å². The van der Waals surface area contributed by atoms with E-state index in [4.69, 9.17) is 4.98 Å². The van der Waals surface area contributed by atoms with Crippen LogP contribution in [-0.2, 0) is 6.18 Å². The highest BCUT2D eigenvalue weighted by molar-refractivity contribution is 7.18. The molecule has 2 aromatic carbocycles. The molecule has 0 aliphatic carbocycles.